The molecule has 2 rings (SSSR count). The highest BCUT2D eigenvalue weighted by Crippen LogP contribution is 2.22. The van der Waals surface area contributed by atoms with E-state index in [-0.39, 0.29) is 0 Å². The average molecular weight is 295 g/mol. The standard InChI is InChI=1S/C18H17NO3/c1-21-17-7-4-14(5-8-17)13-22-18-9-6-15(12-19)11-16(18)3-2-10-20/h2,4-11,20H,3,13H2,1H3/b10-2+. The highest BCUT2D eigenvalue weighted by Gasteiger charge is 2.05. The van der Waals surface area contributed by atoms with Crippen molar-refractivity contribution in [3.8, 4) is 17.6 Å². The lowest BCUT2D eigenvalue weighted by atomic mass is 10.1. The molecule has 0 radical (unpaired) electrons. The molecule has 0 spiro atoms. The van der Waals surface area contributed by atoms with Crippen molar-refractivity contribution in [2.24, 2.45) is 0 Å². The maximum atomic E-state index is 8.97. The van der Waals surface area contributed by atoms with E-state index >= 15 is 0 Å². The Morgan fingerprint density at radius 2 is 1.95 bits per heavy atom. The number of methoxy groups -OCH3 is 1. The van der Waals surface area contributed by atoms with Gasteiger partial charge in [-0.2, -0.15) is 5.26 Å². The second-order valence-corrected chi connectivity index (χ2v) is 4.66. The lowest BCUT2D eigenvalue weighted by Crippen LogP contribution is -1.99. The Morgan fingerprint density at radius 3 is 2.59 bits per heavy atom. The van der Waals surface area contributed by atoms with Crippen molar-refractivity contribution < 1.29 is 14.6 Å². The molecule has 0 heterocycles. The number of hydrogen-bond donors (Lipinski definition) is 1. The summed E-state index contributed by atoms with van der Waals surface area (Å²) in [7, 11) is 1.63. The van der Waals surface area contributed by atoms with E-state index in [1.165, 1.54) is 0 Å². The van der Waals surface area contributed by atoms with Crippen LogP contribution in [-0.2, 0) is 13.0 Å². The van der Waals surface area contributed by atoms with Crippen LogP contribution in [0.1, 0.15) is 16.7 Å². The molecule has 22 heavy (non-hydrogen) atoms. The first-order valence-electron chi connectivity index (χ1n) is 6.85. The fraction of sp³-hybridized carbons (Fsp3) is 0.167. The van der Waals surface area contributed by atoms with E-state index in [2.05, 4.69) is 6.07 Å². The molecule has 0 saturated heterocycles. The van der Waals surface area contributed by atoms with Gasteiger partial charge in [0.1, 0.15) is 18.1 Å². The van der Waals surface area contributed by atoms with Crippen molar-refractivity contribution in [3.05, 3.63) is 71.5 Å². The lowest BCUT2D eigenvalue weighted by molar-refractivity contribution is 0.303. The van der Waals surface area contributed by atoms with Gasteiger partial charge in [0.25, 0.3) is 0 Å². The first-order chi connectivity index (χ1) is 10.8. The zero-order valence-corrected chi connectivity index (χ0v) is 12.3. The lowest BCUT2D eigenvalue weighted by Gasteiger charge is -2.11. The maximum absolute atomic E-state index is 8.97. The molecule has 4 nitrogen and oxygen atoms in total. The summed E-state index contributed by atoms with van der Waals surface area (Å²) in [6, 6.07) is 15.0. The van der Waals surface area contributed by atoms with E-state index in [4.69, 9.17) is 19.8 Å². The third kappa shape index (κ3) is 4.03. The molecule has 0 aliphatic heterocycles. The van der Waals surface area contributed by atoms with Gasteiger partial charge in [-0.1, -0.05) is 12.1 Å². The summed E-state index contributed by atoms with van der Waals surface area (Å²) in [5, 5.41) is 17.8. The molecule has 0 unspecified atom stereocenters. The topological polar surface area (TPSA) is 62.5 Å². The van der Waals surface area contributed by atoms with Crippen LogP contribution in [-0.4, -0.2) is 12.2 Å². The predicted molar refractivity (Wildman–Crippen MR) is 84.0 cm³/mol. The molecule has 0 bridgehead atoms. The molecule has 1 N–H and O–H groups in total. The van der Waals surface area contributed by atoms with E-state index in [9.17, 15) is 0 Å². The normalized spacial score (nSPS) is 10.4. The minimum absolute atomic E-state index is 0.422. The summed E-state index contributed by atoms with van der Waals surface area (Å²) < 4.78 is 10.9. The molecule has 2 aromatic carbocycles. The predicted octanol–water partition coefficient (Wildman–Crippen LogP) is 3.76. The van der Waals surface area contributed by atoms with Gasteiger partial charge in [-0.05, 0) is 54.0 Å². The van der Waals surface area contributed by atoms with E-state index in [1.807, 2.05) is 24.3 Å². The number of nitriles is 1. The fourth-order valence-corrected chi connectivity index (χ4v) is 2.01. The molecule has 4 heteroatoms. The summed E-state index contributed by atoms with van der Waals surface area (Å²) in [4.78, 5) is 0. The van der Waals surface area contributed by atoms with Gasteiger partial charge >= 0.3 is 0 Å². The van der Waals surface area contributed by atoms with Crippen molar-refractivity contribution in [2.75, 3.05) is 7.11 Å². The molecule has 0 amide bonds. The number of allylic oxidation sites excluding steroid dienone is 1. The van der Waals surface area contributed by atoms with Gasteiger partial charge in [0.05, 0.1) is 25.0 Å². The number of aliphatic hydroxyl groups is 1. The van der Waals surface area contributed by atoms with Gasteiger partial charge in [-0.25, -0.2) is 0 Å². The van der Waals surface area contributed by atoms with E-state index < -0.39 is 0 Å². The van der Waals surface area contributed by atoms with Crippen LogP contribution in [0.3, 0.4) is 0 Å². The zero-order chi connectivity index (χ0) is 15.8. The first-order valence-corrected chi connectivity index (χ1v) is 6.85. The first kappa shape index (κ1) is 15.5. The van der Waals surface area contributed by atoms with Crippen LogP contribution in [0.2, 0.25) is 0 Å². The van der Waals surface area contributed by atoms with Gasteiger partial charge in [0, 0.05) is 0 Å². The van der Waals surface area contributed by atoms with Crippen molar-refractivity contribution >= 4 is 0 Å². The van der Waals surface area contributed by atoms with Crippen LogP contribution in [0, 0.1) is 11.3 Å². The summed E-state index contributed by atoms with van der Waals surface area (Å²) in [6.45, 7) is 0.422. The van der Waals surface area contributed by atoms with Crippen molar-refractivity contribution in [2.45, 2.75) is 13.0 Å². The summed E-state index contributed by atoms with van der Waals surface area (Å²) in [5.74, 6) is 1.50. The molecule has 0 fully saturated rings. The quantitative estimate of drug-likeness (QED) is 0.824. The highest BCUT2D eigenvalue weighted by atomic mass is 16.5. The van der Waals surface area contributed by atoms with Crippen LogP contribution in [0.15, 0.2) is 54.8 Å². The number of rotatable bonds is 6. The minimum Gasteiger partial charge on any atom is -0.516 e. The average Bonchev–Trinajstić information content (AvgIpc) is 2.58. The molecule has 0 aromatic heterocycles. The molecule has 0 aliphatic rings. The number of ether oxygens (including phenoxy) is 2. The Morgan fingerprint density at radius 1 is 1.18 bits per heavy atom. The molecular formula is C18H17NO3. The van der Waals surface area contributed by atoms with Gasteiger partial charge in [0.15, 0.2) is 0 Å². The number of aliphatic hydroxyl groups excluding tert-OH is 1. The highest BCUT2D eigenvalue weighted by molar-refractivity contribution is 5.43. The largest absolute Gasteiger partial charge is 0.516 e. The molecular weight excluding hydrogens is 278 g/mol. The van der Waals surface area contributed by atoms with Gasteiger partial charge < -0.3 is 14.6 Å². The van der Waals surface area contributed by atoms with Gasteiger partial charge in [-0.3, -0.25) is 0 Å². The molecule has 0 saturated carbocycles. The number of nitrogens with zero attached hydrogens (tertiary/aromatic N) is 1. The Kier molecular flexibility index (Phi) is 5.44. The molecule has 0 aliphatic carbocycles. The number of hydrogen-bond acceptors (Lipinski definition) is 4. The van der Waals surface area contributed by atoms with Crippen LogP contribution in [0.25, 0.3) is 0 Å². The Bertz CT molecular complexity index is 684. The monoisotopic (exact) mass is 295 g/mol. The fourth-order valence-electron chi connectivity index (χ4n) is 2.01. The van der Waals surface area contributed by atoms with Crippen LogP contribution >= 0.6 is 0 Å². The molecule has 0 atom stereocenters. The Balaban J connectivity index is 2.12. The van der Waals surface area contributed by atoms with Gasteiger partial charge in [-0.15, -0.1) is 0 Å². The smallest absolute Gasteiger partial charge is 0.123 e. The zero-order valence-electron chi connectivity index (χ0n) is 12.3. The second-order valence-electron chi connectivity index (χ2n) is 4.66. The second kappa shape index (κ2) is 7.75. The Labute approximate surface area is 129 Å². The minimum atomic E-state index is 0.422. The summed E-state index contributed by atoms with van der Waals surface area (Å²) >= 11 is 0. The van der Waals surface area contributed by atoms with Crippen molar-refractivity contribution in [1.82, 2.24) is 0 Å². The van der Waals surface area contributed by atoms with Crippen molar-refractivity contribution in [3.63, 3.8) is 0 Å². The van der Waals surface area contributed by atoms with Gasteiger partial charge in [0.2, 0.25) is 0 Å². The third-order valence-electron chi connectivity index (χ3n) is 3.19. The molecule has 112 valence electrons. The van der Waals surface area contributed by atoms with E-state index in [0.29, 0.717) is 24.3 Å². The van der Waals surface area contributed by atoms with Crippen molar-refractivity contribution in [1.29, 1.82) is 5.26 Å². The van der Waals surface area contributed by atoms with E-state index in [1.54, 1.807) is 31.4 Å². The third-order valence-corrected chi connectivity index (χ3v) is 3.19. The van der Waals surface area contributed by atoms with E-state index in [0.717, 1.165) is 23.1 Å². The Hall–Kier alpha value is -2.93. The number of benzene rings is 2. The maximum Gasteiger partial charge on any atom is 0.123 e. The summed E-state index contributed by atoms with van der Waals surface area (Å²) in [6.07, 6.45) is 3.10. The summed E-state index contributed by atoms with van der Waals surface area (Å²) in [5.41, 5.74) is 2.45. The SMILES string of the molecule is COc1ccc(COc2ccc(C#N)cc2C/C=C/O)cc1. The van der Waals surface area contributed by atoms with Crippen LogP contribution in [0.5, 0.6) is 11.5 Å². The molecule has 2 aromatic rings. The van der Waals surface area contributed by atoms with Crippen LogP contribution in [0.4, 0.5) is 0 Å². The van der Waals surface area contributed by atoms with Crippen LogP contribution < -0.4 is 9.47 Å².